The first-order valence-electron chi connectivity index (χ1n) is 12.7. The van der Waals surface area contributed by atoms with Crippen LogP contribution in [0.2, 0.25) is 0 Å². The van der Waals surface area contributed by atoms with Gasteiger partial charge in [0.15, 0.2) is 11.5 Å². The number of anilines is 1. The number of ether oxygens (including phenoxy) is 5. The van der Waals surface area contributed by atoms with Crippen LogP contribution in [0.25, 0.3) is 0 Å². The fourth-order valence-corrected chi connectivity index (χ4v) is 4.41. The lowest BCUT2D eigenvalue weighted by Crippen LogP contribution is -2.52. The highest BCUT2D eigenvalue weighted by atomic mass is 19.3. The molecule has 39 heavy (non-hydrogen) atoms. The molecule has 3 aromatic carbocycles. The summed E-state index contributed by atoms with van der Waals surface area (Å²) in [4.78, 5) is 14.9. The summed E-state index contributed by atoms with van der Waals surface area (Å²) in [6, 6.07) is 19.9. The van der Waals surface area contributed by atoms with Gasteiger partial charge in [-0.3, -0.25) is 0 Å². The number of rotatable bonds is 11. The summed E-state index contributed by atoms with van der Waals surface area (Å²) in [5.74, 6) is -0.00802. The van der Waals surface area contributed by atoms with Crippen molar-refractivity contribution in [1.29, 1.82) is 0 Å². The van der Waals surface area contributed by atoms with Gasteiger partial charge in [-0.1, -0.05) is 42.5 Å². The Kier molecular flexibility index (Phi) is 8.91. The van der Waals surface area contributed by atoms with Crippen molar-refractivity contribution >= 4 is 11.7 Å². The molecule has 0 saturated carbocycles. The van der Waals surface area contributed by atoms with Gasteiger partial charge in [-0.2, -0.15) is 8.78 Å². The number of methoxy groups -OCH3 is 1. The van der Waals surface area contributed by atoms with Crippen LogP contribution in [0.15, 0.2) is 66.7 Å². The zero-order chi connectivity index (χ0) is 28.0. The van der Waals surface area contributed by atoms with E-state index in [4.69, 9.17) is 23.7 Å². The molecule has 0 saturated heterocycles. The van der Waals surface area contributed by atoms with Gasteiger partial charge < -0.3 is 28.6 Å². The maximum atomic E-state index is 13.4. The van der Waals surface area contributed by atoms with Gasteiger partial charge in [0.1, 0.15) is 17.5 Å². The molecule has 1 heterocycles. The maximum Gasteiger partial charge on any atom is 0.387 e. The van der Waals surface area contributed by atoms with Crippen LogP contribution >= 0.6 is 0 Å². The predicted molar refractivity (Wildman–Crippen MR) is 143 cm³/mol. The first-order valence-corrected chi connectivity index (χ1v) is 12.7. The summed E-state index contributed by atoms with van der Waals surface area (Å²) in [6.07, 6.45) is -0.593. The van der Waals surface area contributed by atoms with Gasteiger partial charge in [-0.25, -0.2) is 4.79 Å². The lowest BCUT2D eigenvalue weighted by molar-refractivity contribution is -0.101. The largest absolute Gasteiger partial charge is 0.497 e. The van der Waals surface area contributed by atoms with Crippen molar-refractivity contribution in [3.05, 3.63) is 83.4 Å². The van der Waals surface area contributed by atoms with Crippen LogP contribution in [0.1, 0.15) is 42.3 Å². The monoisotopic (exact) mass is 541 g/mol. The Balaban J connectivity index is 1.75. The van der Waals surface area contributed by atoms with Crippen LogP contribution in [-0.4, -0.2) is 44.5 Å². The van der Waals surface area contributed by atoms with Gasteiger partial charge in [-0.05, 0) is 56.2 Å². The van der Waals surface area contributed by atoms with Gasteiger partial charge in [0, 0.05) is 6.54 Å². The first kappa shape index (κ1) is 28.2. The highest BCUT2D eigenvalue weighted by Crippen LogP contribution is 2.47. The van der Waals surface area contributed by atoms with Crippen LogP contribution in [0, 0.1) is 0 Å². The summed E-state index contributed by atoms with van der Waals surface area (Å²) < 4.78 is 54.8. The van der Waals surface area contributed by atoms with Crippen molar-refractivity contribution in [3.63, 3.8) is 0 Å². The van der Waals surface area contributed by atoms with E-state index in [-0.39, 0.29) is 23.7 Å². The Bertz CT molecular complexity index is 1250. The number of esters is 1. The summed E-state index contributed by atoms with van der Waals surface area (Å²) in [7, 11) is 1.59. The second-order valence-electron chi connectivity index (χ2n) is 9.60. The van der Waals surface area contributed by atoms with Crippen molar-refractivity contribution in [3.8, 4) is 17.2 Å². The highest BCUT2D eigenvalue weighted by molar-refractivity contribution is 5.98. The molecular weight excluding hydrogens is 508 g/mol. The number of benzene rings is 3. The average molecular weight is 542 g/mol. The maximum absolute atomic E-state index is 13.4. The molecule has 1 unspecified atom stereocenters. The van der Waals surface area contributed by atoms with E-state index >= 15 is 0 Å². The van der Waals surface area contributed by atoms with E-state index in [1.165, 1.54) is 12.1 Å². The number of alkyl halides is 2. The molecule has 208 valence electrons. The molecule has 0 aliphatic carbocycles. The van der Waals surface area contributed by atoms with E-state index < -0.39 is 24.3 Å². The molecule has 0 N–H and O–H groups in total. The van der Waals surface area contributed by atoms with Crippen LogP contribution in [-0.2, 0) is 22.6 Å². The van der Waals surface area contributed by atoms with E-state index in [0.717, 1.165) is 11.1 Å². The minimum absolute atomic E-state index is 0.0435. The number of fused-ring (bicyclic) bond motifs is 1. The highest BCUT2D eigenvalue weighted by Gasteiger charge is 2.41. The molecule has 7 nitrogen and oxygen atoms in total. The third-order valence-electron chi connectivity index (χ3n) is 6.53. The SMILES string of the molecule is CCOC(=O)c1ccc(OC(F)F)c2c1N(Cc1ccc(OC)cc1)CC(C(C)(C)OCc1ccccc1)O2. The third kappa shape index (κ3) is 6.78. The second-order valence-corrected chi connectivity index (χ2v) is 9.60. The van der Waals surface area contributed by atoms with Gasteiger partial charge in [0.2, 0.25) is 0 Å². The minimum atomic E-state index is -3.08. The molecule has 1 aliphatic rings. The normalized spacial score (nSPS) is 14.9. The second kappa shape index (κ2) is 12.3. The number of carbonyl (C=O) groups is 1. The summed E-state index contributed by atoms with van der Waals surface area (Å²) in [5.41, 5.74) is 1.60. The molecular formula is C30H33F2NO6. The molecule has 4 rings (SSSR count). The topological polar surface area (TPSA) is 66.5 Å². The lowest BCUT2D eigenvalue weighted by atomic mass is 9.96. The van der Waals surface area contributed by atoms with Gasteiger partial charge in [0.25, 0.3) is 0 Å². The molecule has 0 amide bonds. The van der Waals surface area contributed by atoms with Crippen LogP contribution in [0.4, 0.5) is 14.5 Å². The van der Waals surface area contributed by atoms with Crippen molar-refractivity contribution in [2.24, 2.45) is 0 Å². The molecule has 0 fully saturated rings. The lowest BCUT2D eigenvalue weighted by Gasteiger charge is -2.43. The van der Waals surface area contributed by atoms with Crippen LogP contribution in [0.3, 0.4) is 0 Å². The number of halogens is 2. The van der Waals surface area contributed by atoms with Gasteiger partial charge in [0.05, 0.1) is 38.1 Å². The zero-order valence-corrected chi connectivity index (χ0v) is 22.5. The Morgan fingerprint density at radius 1 is 1.05 bits per heavy atom. The molecule has 1 atom stereocenters. The summed E-state index contributed by atoms with van der Waals surface area (Å²) in [5, 5.41) is 0. The quantitative estimate of drug-likeness (QED) is 0.266. The Labute approximate surface area is 227 Å². The third-order valence-corrected chi connectivity index (χ3v) is 6.53. The van der Waals surface area contributed by atoms with Crippen LogP contribution < -0.4 is 19.1 Å². The van der Waals surface area contributed by atoms with E-state index in [0.29, 0.717) is 31.1 Å². The van der Waals surface area contributed by atoms with E-state index in [9.17, 15) is 13.6 Å². The van der Waals surface area contributed by atoms with E-state index in [1.807, 2.05) is 73.3 Å². The van der Waals surface area contributed by atoms with Crippen LogP contribution in [0.5, 0.6) is 17.2 Å². The van der Waals surface area contributed by atoms with E-state index in [2.05, 4.69) is 0 Å². The van der Waals surface area contributed by atoms with E-state index in [1.54, 1.807) is 14.0 Å². The number of carbonyl (C=O) groups excluding carboxylic acids is 1. The fraction of sp³-hybridized carbons (Fsp3) is 0.367. The van der Waals surface area contributed by atoms with Crippen molar-refractivity contribution in [2.45, 2.75) is 52.2 Å². The Morgan fingerprint density at radius 3 is 2.41 bits per heavy atom. The van der Waals surface area contributed by atoms with Gasteiger partial charge >= 0.3 is 12.6 Å². The fourth-order valence-electron chi connectivity index (χ4n) is 4.41. The molecule has 0 aromatic heterocycles. The number of hydrogen-bond donors (Lipinski definition) is 0. The Hall–Kier alpha value is -3.85. The molecule has 9 heteroatoms. The molecule has 0 bridgehead atoms. The average Bonchev–Trinajstić information content (AvgIpc) is 2.93. The summed E-state index contributed by atoms with van der Waals surface area (Å²) >= 11 is 0. The summed E-state index contributed by atoms with van der Waals surface area (Å²) in [6.45, 7) is 3.56. The van der Waals surface area contributed by atoms with Crippen molar-refractivity contribution in [2.75, 3.05) is 25.2 Å². The number of nitrogens with zero attached hydrogens (tertiary/aromatic N) is 1. The smallest absolute Gasteiger partial charge is 0.387 e. The zero-order valence-electron chi connectivity index (χ0n) is 22.5. The van der Waals surface area contributed by atoms with Crippen molar-refractivity contribution < 1.29 is 37.3 Å². The minimum Gasteiger partial charge on any atom is -0.497 e. The van der Waals surface area contributed by atoms with Crippen molar-refractivity contribution in [1.82, 2.24) is 0 Å². The molecule has 1 aliphatic heterocycles. The number of hydrogen-bond acceptors (Lipinski definition) is 7. The Morgan fingerprint density at radius 2 is 1.77 bits per heavy atom. The first-order chi connectivity index (χ1) is 18.7. The standard InChI is InChI=1S/C30H33F2NO6/c1-5-36-28(34)23-15-16-24(38-29(31)32)27-26(23)33(17-20-11-13-22(35-4)14-12-20)18-25(39-27)30(2,3)37-19-21-9-7-6-8-10-21/h6-16,25,29H,5,17-19H2,1-4H3. The van der Waals surface area contributed by atoms with Gasteiger partial charge in [-0.15, -0.1) is 0 Å². The predicted octanol–water partition coefficient (Wildman–Crippen LogP) is 6.24. The molecule has 3 aromatic rings. The molecule has 0 spiro atoms. The molecule has 0 radical (unpaired) electrons.